The molecule has 0 spiro atoms. The Kier molecular flexibility index (Phi) is 4.89. The Hall–Kier alpha value is -1.85. The SMILES string of the molecule is CNCC(c1cc(C(C)(C)O)c(F)c(-c2ccc(F)cc2)n1)C1CC1. The number of hydrogen-bond donors (Lipinski definition) is 2. The van der Waals surface area contributed by atoms with E-state index in [2.05, 4.69) is 10.3 Å². The molecule has 0 aliphatic heterocycles. The standard InChI is InChI=1S/C20H24F2N2O/c1-20(2,25)16-10-17(15(11-23-3)12-4-5-12)24-19(18(16)22)13-6-8-14(21)9-7-13/h6-10,12,15,23,25H,4-5,11H2,1-3H3. The Balaban J connectivity index is 2.16. The fourth-order valence-electron chi connectivity index (χ4n) is 3.21. The van der Waals surface area contributed by atoms with Crippen molar-refractivity contribution in [2.24, 2.45) is 5.92 Å². The van der Waals surface area contributed by atoms with Crippen molar-refractivity contribution in [1.82, 2.24) is 10.3 Å². The zero-order chi connectivity index (χ0) is 18.2. The van der Waals surface area contributed by atoms with Gasteiger partial charge in [0.2, 0.25) is 0 Å². The summed E-state index contributed by atoms with van der Waals surface area (Å²) >= 11 is 0. The van der Waals surface area contributed by atoms with E-state index in [4.69, 9.17) is 0 Å². The van der Waals surface area contributed by atoms with Crippen LogP contribution in [0.1, 0.15) is 43.9 Å². The van der Waals surface area contributed by atoms with Crippen LogP contribution < -0.4 is 5.32 Å². The summed E-state index contributed by atoms with van der Waals surface area (Å²) in [6, 6.07) is 7.30. The van der Waals surface area contributed by atoms with Gasteiger partial charge >= 0.3 is 0 Å². The molecule has 1 aromatic heterocycles. The maximum Gasteiger partial charge on any atom is 0.155 e. The number of likely N-dealkylation sites (N-methyl/N-ethyl adjacent to an activating group) is 1. The van der Waals surface area contributed by atoms with Gasteiger partial charge in [-0.15, -0.1) is 0 Å². The minimum atomic E-state index is -1.33. The maximum absolute atomic E-state index is 15.1. The highest BCUT2D eigenvalue weighted by molar-refractivity contribution is 5.61. The van der Waals surface area contributed by atoms with E-state index in [-0.39, 0.29) is 23.0 Å². The van der Waals surface area contributed by atoms with Gasteiger partial charge in [-0.25, -0.2) is 13.8 Å². The van der Waals surface area contributed by atoms with Crippen LogP contribution in [-0.4, -0.2) is 23.7 Å². The molecule has 1 aliphatic carbocycles. The van der Waals surface area contributed by atoms with Crippen molar-refractivity contribution in [3.05, 3.63) is 53.2 Å². The highest BCUT2D eigenvalue weighted by Crippen LogP contribution is 2.43. The van der Waals surface area contributed by atoms with E-state index in [0.29, 0.717) is 11.5 Å². The number of aromatic nitrogens is 1. The molecule has 3 nitrogen and oxygen atoms in total. The van der Waals surface area contributed by atoms with E-state index in [1.54, 1.807) is 19.9 Å². The summed E-state index contributed by atoms with van der Waals surface area (Å²) in [6.45, 7) is 3.87. The van der Waals surface area contributed by atoms with E-state index in [1.807, 2.05) is 7.05 Å². The molecule has 25 heavy (non-hydrogen) atoms. The molecule has 0 radical (unpaired) electrons. The van der Waals surface area contributed by atoms with Gasteiger partial charge in [-0.2, -0.15) is 0 Å². The fourth-order valence-corrected chi connectivity index (χ4v) is 3.21. The first-order valence-corrected chi connectivity index (χ1v) is 8.65. The average molecular weight is 346 g/mol. The monoisotopic (exact) mass is 346 g/mol. The largest absolute Gasteiger partial charge is 0.386 e. The first-order chi connectivity index (χ1) is 11.8. The van der Waals surface area contributed by atoms with Crippen LogP contribution in [-0.2, 0) is 5.60 Å². The Bertz CT molecular complexity index is 750. The minimum Gasteiger partial charge on any atom is -0.386 e. The van der Waals surface area contributed by atoms with Gasteiger partial charge in [0.05, 0.1) is 5.60 Å². The number of aliphatic hydroxyl groups is 1. The van der Waals surface area contributed by atoms with E-state index >= 15 is 4.39 Å². The third kappa shape index (κ3) is 3.88. The summed E-state index contributed by atoms with van der Waals surface area (Å²) in [4.78, 5) is 4.58. The van der Waals surface area contributed by atoms with Gasteiger partial charge in [0, 0.05) is 29.3 Å². The van der Waals surface area contributed by atoms with Crippen molar-refractivity contribution in [2.45, 2.75) is 38.2 Å². The van der Waals surface area contributed by atoms with Crippen LogP contribution in [0.2, 0.25) is 0 Å². The molecule has 5 heteroatoms. The Morgan fingerprint density at radius 1 is 1.24 bits per heavy atom. The van der Waals surface area contributed by atoms with Crippen molar-refractivity contribution in [1.29, 1.82) is 0 Å². The lowest BCUT2D eigenvalue weighted by molar-refractivity contribution is 0.0743. The number of rotatable bonds is 6. The van der Waals surface area contributed by atoms with Gasteiger partial charge in [-0.3, -0.25) is 0 Å². The van der Waals surface area contributed by atoms with Crippen molar-refractivity contribution < 1.29 is 13.9 Å². The minimum absolute atomic E-state index is 0.163. The zero-order valence-corrected chi connectivity index (χ0v) is 14.8. The predicted octanol–water partition coefficient (Wildman–Crippen LogP) is 3.97. The van der Waals surface area contributed by atoms with E-state index in [9.17, 15) is 9.50 Å². The molecule has 1 fully saturated rings. The third-order valence-corrected chi connectivity index (χ3v) is 4.75. The summed E-state index contributed by atoms with van der Waals surface area (Å²) < 4.78 is 28.3. The van der Waals surface area contributed by atoms with Gasteiger partial charge in [-0.1, -0.05) is 0 Å². The molecule has 1 unspecified atom stereocenters. The number of benzene rings is 1. The van der Waals surface area contributed by atoms with Gasteiger partial charge < -0.3 is 10.4 Å². The Morgan fingerprint density at radius 3 is 2.40 bits per heavy atom. The summed E-state index contributed by atoms with van der Waals surface area (Å²) in [7, 11) is 1.89. The number of pyridine rings is 1. The molecule has 0 amide bonds. The predicted molar refractivity (Wildman–Crippen MR) is 94.2 cm³/mol. The van der Waals surface area contributed by atoms with E-state index < -0.39 is 11.4 Å². The number of nitrogens with zero attached hydrogens (tertiary/aromatic N) is 1. The number of halogens is 2. The zero-order valence-electron chi connectivity index (χ0n) is 14.8. The quantitative estimate of drug-likeness (QED) is 0.832. The lowest BCUT2D eigenvalue weighted by atomic mass is 9.91. The number of nitrogens with one attached hydrogen (secondary N) is 1. The second-order valence-electron chi connectivity index (χ2n) is 7.32. The van der Waals surface area contributed by atoms with Crippen molar-refractivity contribution in [3.63, 3.8) is 0 Å². The fraction of sp³-hybridized carbons (Fsp3) is 0.450. The molecule has 0 saturated heterocycles. The molecule has 1 heterocycles. The summed E-state index contributed by atoms with van der Waals surface area (Å²) in [5, 5.41) is 13.6. The smallest absolute Gasteiger partial charge is 0.155 e. The molecule has 2 N–H and O–H groups in total. The van der Waals surface area contributed by atoms with Gasteiger partial charge in [0.25, 0.3) is 0 Å². The molecule has 134 valence electrons. The molecule has 1 saturated carbocycles. The van der Waals surface area contributed by atoms with Crippen molar-refractivity contribution in [3.8, 4) is 11.3 Å². The van der Waals surface area contributed by atoms with Crippen LogP contribution in [0.25, 0.3) is 11.3 Å². The lowest BCUT2D eigenvalue weighted by Crippen LogP contribution is -2.23. The van der Waals surface area contributed by atoms with Gasteiger partial charge in [0.15, 0.2) is 5.82 Å². The second kappa shape index (κ2) is 6.81. The van der Waals surface area contributed by atoms with Crippen molar-refractivity contribution in [2.75, 3.05) is 13.6 Å². The van der Waals surface area contributed by atoms with Crippen molar-refractivity contribution >= 4 is 0 Å². The Labute approximate surface area is 147 Å². The summed E-state index contributed by atoms with van der Waals surface area (Å²) in [5.74, 6) is -0.233. The van der Waals surface area contributed by atoms with Crippen LogP contribution >= 0.6 is 0 Å². The maximum atomic E-state index is 15.1. The Morgan fingerprint density at radius 2 is 1.88 bits per heavy atom. The van der Waals surface area contributed by atoms with E-state index in [0.717, 1.165) is 25.1 Å². The molecule has 2 aromatic rings. The highest BCUT2D eigenvalue weighted by Gasteiger charge is 2.35. The molecule has 0 bridgehead atoms. The second-order valence-corrected chi connectivity index (χ2v) is 7.32. The average Bonchev–Trinajstić information content (AvgIpc) is 3.38. The normalized spacial score (nSPS) is 16.1. The summed E-state index contributed by atoms with van der Waals surface area (Å²) in [5.41, 5.74) is 0.333. The van der Waals surface area contributed by atoms with Crippen LogP contribution in [0.4, 0.5) is 8.78 Å². The molecule has 3 rings (SSSR count). The molecular weight excluding hydrogens is 322 g/mol. The van der Waals surface area contributed by atoms with Crippen LogP contribution in [0.15, 0.2) is 30.3 Å². The lowest BCUT2D eigenvalue weighted by Gasteiger charge is -2.24. The van der Waals surface area contributed by atoms with Crippen LogP contribution in [0, 0.1) is 17.6 Å². The third-order valence-electron chi connectivity index (χ3n) is 4.75. The highest BCUT2D eigenvalue weighted by atomic mass is 19.1. The van der Waals surface area contributed by atoms with Gasteiger partial charge in [0.1, 0.15) is 11.5 Å². The number of hydrogen-bond acceptors (Lipinski definition) is 3. The molecule has 1 aromatic carbocycles. The van der Waals surface area contributed by atoms with Crippen LogP contribution in [0.5, 0.6) is 0 Å². The van der Waals surface area contributed by atoms with Crippen LogP contribution in [0.3, 0.4) is 0 Å². The topological polar surface area (TPSA) is 45.1 Å². The van der Waals surface area contributed by atoms with Gasteiger partial charge in [-0.05, 0) is 70.0 Å². The molecule has 1 aliphatic rings. The first kappa shape index (κ1) is 18.0. The molecular formula is C20H24F2N2O. The first-order valence-electron chi connectivity index (χ1n) is 8.65. The summed E-state index contributed by atoms with van der Waals surface area (Å²) in [6.07, 6.45) is 2.27. The molecule has 1 atom stereocenters. The van der Waals surface area contributed by atoms with E-state index in [1.165, 1.54) is 24.3 Å².